The lowest BCUT2D eigenvalue weighted by atomic mass is 9.95. The smallest absolute Gasteiger partial charge is 0.371 e. The van der Waals surface area contributed by atoms with Crippen LogP contribution in [0.25, 0.3) is 0 Å². The number of carbonyl (C=O) groups is 2. The molecule has 2 N–H and O–H groups in total. The Morgan fingerprint density at radius 1 is 1.18 bits per heavy atom. The van der Waals surface area contributed by atoms with E-state index in [9.17, 15) is 9.59 Å². The highest BCUT2D eigenvalue weighted by Crippen LogP contribution is 2.18. The SMILES string of the molecule is O=C(O)c1ccc(C(=O)NC2CCCCC2)o1. The molecular formula is C12H15NO4. The first-order valence-corrected chi connectivity index (χ1v) is 5.81. The summed E-state index contributed by atoms with van der Waals surface area (Å²) in [5.74, 6) is -1.64. The molecule has 1 saturated carbocycles. The zero-order valence-corrected chi connectivity index (χ0v) is 9.44. The first kappa shape index (κ1) is 11.7. The van der Waals surface area contributed by atoms with Crippen LogP contribution in [-0.2, 0) is 0 Å². The largest absolute Gasteiger partial charge is 0.475 e. The molecule has 0 aromatic carbocycles. The number of hydrogen-bond donors (Lipinski definition) is 2. The van der Waals surface area contributed by atoms with Gasteiger partial charge in [0.05, 0.1) is 0 Å². The molecule has 0 bridgehead atoms. The van der Waals surface area contributed by atoms with E-state index in [2.05, 4.69) is 5.32 Å². The van der Waals surface area contributed by atoms with Crippen LogP contribution in [0.15, 0.2) is 16.5 Å². The van der Waals surface area contributed by atoms with Gasteiger partial charge in [-0.2, -0.15) is 0 Å². The van der Waals surface area contributed by atoms with Crippen LogP contribution in [0, 0.1) is 0 Å². The predicted molar refractivity (Wildman–Crippen MR) is 60.0 cm³/mol. The topological polar surface area (TPSA) is 79.5 Å². The number of carboxylic acid groups (broad SMARTS) is 1. The Hall–Kier alpha value is -1.78. The molecule has 0 saturated heterocycles. The molecule has 0 aliphatic heterocycles. The summed E-state index contributed by atoms with van der Waals surface area (Å²) in [4.78, 5) is 22.4. The van der Waals surface area contributed by atoms with Gasteiger partial charge in [-0.15, -0.1) is 0 Å². The average molecular weight is 237 g/mol. The van der Waals surface area contributed by atoms with Crippen molar-refractivity contribution in [1.29, 1.82) is 0 Å². The molecule has 0 unspecified atom stereocenters. The number of rotatable bonds is 3. The Morgan fingerprint density at radius 2 is 1.82 bits per heavy atom. The van der Waals surface area contributed by atoms with Gasteiger partial charge in [-0.25, -0.2) is 4.79 Å². The monoisotopic (exact) mass is 237 g/mol. The van der Waals surface area contributed by atoms with Crippen LogP contribution in [0.5, 0.6) is 0 Å². The molecule has 1 fully saturated rings. The fourth-order valence-electron chi connectivity index (χ4n) is 2.08. The third-order valence-electron chi connectivity index (χ3n) is 2.98. The molecule has 92 valence electrons. The zero-order valence-electron chi connectivity index (χ0n) is 9.44. The van der Waals surface area contributed by atoms with Gasteiger partial charge >= 0.3 is 5.97 Å². The number of carboxylic acids is 1. The summed E-state index contributed by atoms with van der Waals surface area (Å²) in [7, 11) is 0. The number of aromatic carboxylic acids is 1. The summed E-state index contributed by atoms with van der Waals surface area (Å²) >= 11 is 0. The Balaban J connectivity index is 1.96. The molecule has 1 aliphatic carbocycles. The molecule has 0 spiro atoms. The molecule has 17 heavy (non-hydrogen) atoms. The van der Waals surface area contributed by atoms with Crippen molar-refractivity contribution in [2.45, 2.75) is 38.1 Å². The first-order valence-electron chi connectivity index (χ1n) is 5.81. The maximum atomic E-state index is 11.8. The molecule has 0 radical (unpaired) electrons. The van der Waals surface area contributed by atoms with Gasteiger partial charge in [0.2, 0.25) is 5.76 Å². The summed E-state index contributed by atoms with van der Waals surface area (Å²) < 4.78 is 4.94. The van der Waals surface area contributed by atoms with E-state index in [1.54, 1.807) is 0 Å². The van der Waals surface area contributed by atoms with Crippen LogP contribution in [0.3, 0.4) is 0 Å². The van der Waals surface area contributed by atoms with Gasteiger partial charge in [0.15, 0.2) is 5.76 Å². The van der Waals surface area contributed by atoms with Crippen molar-refractivity contribution >= 4 is 11.9 Å². The van der Waals surface area contributed by atoms with Crippen molar-refractivity contribution < 1.29 is 19.1 Å². The van der Waals surface area contributed by atoms with E-state index < -0.39 is 5.97 Å². The van der Waals surface area contributed by atoms with Crippen LogP contribution in [0.1, 0.15) is 53.2 Å². The fraction of sp³-hybridized carbons (Fsp3) is 0.500. The highest BCUT2D eigenvalue weighted by Gasteiger charge is 2.19. The lowest BCUT2D eigenvalue weighted by molar-refractivity contribution is 0.0659. The lowest BCUT2D eigenvalue weighted by Gasteiger charge is -2.22. The van der Waals surface area contributed by atoms with Gasteiger partial charge in [0.1, 0.15) is 0 Å². The van der Waals surface area contributed by atoms with E-state index in [1.165, 1.54) is 18.6 Å². The standard InChI is InChI=1S/C12H15NO4/c14-11(13-8-4-2-1-3-5-8)9-6-7-10(17-9)12(15)16/h6-8H,1-5H2,(H,13,14)(H,15,16). The third kappa shape index (κ3) is 2.87. The van der Waals surface area contributed by atoms with Crippen molar-refractivity contribution in [2.75, 3.05) is 0 Å². The maximum absolute atomic E-state index is 11.8. The number of nitrogens with one attached hydrogen (secondary N) is 1. The fourth-order valence-corrected chi connectivity index (χ4v) is 2.08. The van der Waals surface area contributed by atoms with Crippen molar-refractivity contribution in [3.8, 4) is 0 Å². The molecule has 1 aliphatic rings. The minimum Gasteiger partial charge on any atom is -0.475 e. The summed E-state index contributed by atoms with van der Waals surface area (Å²) in [6.07, 6.45) is 5.44. The molecule has 1 aromatic heterocycles. The lowest BCUT2D eigenvalue weighted by Crippen LogP contribution is -2.35. The summed E-state index contributed by atoms with van der Waals surface area (Å²) in [5, 5.41) is 11.5. The van der Waals surface area contributed by atoms with E-state index in [1.807, 2.05) is 0 Å². The molecule has 5 heteroatoms. The van der Waals surface area contributed by atoms with E-state index in [-0.39, 0.29) is 23.5 Å². The van der Waals surface area contributed by atoms with E-state index in [0.29, 0.717) is 0 Å². The van der Waals surface area contributed by atoms with Crippen LogP contribution >= 0.6 is 0 Å². The van der Waals surface area contributed by atoms with Gasteiger partial charge in [-0.1, -0.05) is 19.3 Å². The minimum absolute atomic E-state index is 0.0629. The normalized spacial score (nSPS) is 16.7. The molecule has 1 heterocycles. The Labute approximate surface area is 98.8 Å². The second-order valence-electron chi connectivity index (χ2n) is 4.28. The van der Waals surface area contributed by atoms with Crippen LogP contribution in [-0.4, -0.2) is 23.0 Å². The first-order chi connectivity index (χ1) is 8.16. The van der Waals surface area contributed by atoms with Crippen molar-refractivity contribution in [2.24, 2.45) is 0 Å². The molecule has 1 amide bonds. The van der Waals surface area contributed by atoms with E-state index in [0.717, 1.165) is 25.7 Å². The third-order valence-corrected chi connectivity index (χ3v) is 2.98. The van der Waals surface area contributed by atoms with Gasteiger partial charge in [0.25, 0.3) is 5.91 Å². The van der Waals surface area contributed by atoms with Crippen molar-refractivity contribution in [3.63, 3.8) is 0 Å². The quantitative estimate of drug-likeness (QED) is 0.843. The Morgan fingerprint density at radius 3 is 2.41 bits per heavy atom. The van der Waals surface area contributed by atoms with Crippen molar-refractivity contribution in [3.05, 3.63) is 23.7 Å². The van der Waals surface area contributed by atoms with Crippen LogP contribution < -0.4 is 5.32 Å². The van der Waals surface area contributed by atoms with Gasteiger partial charge in [0, 0.05) is 6.04 Å². The molecule has 0 atom stereocenters. The molecule has 2 rings (SSSR count). The Kier molecular flexibility index (Phi) is 3.46. The van der Waals surface area contributed by atoms with Crippen LogP contribution in [0.2, 0.25) is 0 Å². The zero-order chi connectivity index (χ0) is 12.3. The molecule has 5 nitrogen and oxygen atoms in total. The highest BCUT2D eigenvalue weighted by molar-refractivity contribution is 5.93. The van der Waals surface area contributed by atoms with Gasteiger partial charge in [-0.05, 0) is 25.0 Å². The maximum Gasteiger partial charge on any atom is 0.371 e. The van der Waals surface area contributed by atoms with Crippen LogP contribution in [0.4, 0.5) is 0 Å². The Bertz CT molecular complexity index is 418. The minimum atomic E-state index is -1.17. The summed E-state index contributed by atoms with van der Waals surface area (Å²) in [6.45, 7) is 0. The summed E-state index contributed by atoms with van der Waals surface area (Å²) in [6, 6.07) is 2.87. The second-order valence-corrected chi connectivity index (χ2v) is 4.28. The van der Waals surface area contributed by atoms with Gasteiger partial charge < -0.3 is 14.8 Å². The molecular weight excluding hydrogens is 222 g/mol. The van der Waals surface area contributed by atoms with E-state index in [4.69, 9.17) is 9.52 Å². The van der Waals surface area contributed by atoms with Gasteiger partial charge in [-0.3, -0.25) is 4.79 Å². The number of furan rings is 1. The number of hydrogen-bond acceptors (Lipinski definition) is 3. The summed E-state index contributed by atoms with van der Waals surface area (Å²) in [5.41, 5.74) is 0. The second kappa shape index (κ2) is 5.03. The number of amides is 1. The van der Waals surface area contributed by atoms with E-state index >= 15 is 0 Å². The number of carbonyl (C=O) groups excluding carboxylic acids is 1. The van der Waals surface area contributed by atoms with Crippen molar-refractivity contribution in [1.82, 2.24) is 5.32 Å². The highest BCUT2D eigenvalue weighted by atomic mass is 16.4. The average Bonchev–Trinajstić information content (AvgIpc) is 2.79. The molecule has 1 aromatic rings. The predicted octanol–water partition coefficient (Wildman–Crippen LogP) is 2.04.